The number of fused-ring (bicyclic) bond motifs is 1. The summed E-state index contributed by atoms with van der Waals surface area (Å²) in [4.78, 5) is 25.6. The molecule has 2 aromatic heterocycles. The lowest BCUT2D eigenvalue weighted by Gasteiger charge is -2.02. The largest absolute Gasteiger partial charge is 0.418 e. The Morgan fingerprint density at radius 1 is 1.47 bits per heavy atom. The fourth-order valence-electron chi connectivity index (χ4n) is 1.09. The summed E-state index contributed by atoms with van der Waals surface area (Å²) in [5.41, 5.74) is 2.48. The number of halogens is 3. The van der Waals surface area contributed by atoms with Gasteiger partial charge in [0.05, 0.1) is 17.3 Å². The monoisotopic (exact) mass is 265 g/mol. The van der Waals surface area contributed by atoms with Crippen LogP contribution in [0.4, 0.5) is 13.2 Å². The molecular formula is C8H6F3N3O2S. The molecule has 2 rings (SSSR count). The van der Waals surface area contributed by atoms with Gasteiger partial charge in [-0.2, -0.15) is 13.2 Å². The van der Waals surface area contributed by atoms with Crippen molar-refractivity contribution in [3.05, 3.63) is 27.6 Å². The number of alkyl halides is 3. The number of rotatable bonds is 0. The quantitative estimate of drug-likeness (QED) is 0.699. The van der Waals surface area contributed by atoms with Crippen molar-refractivity contribution < 1.29 is 18.0 Å². The van der Waals surface area contributed by atoms with E-state index in [0.29, 0.717) is 0 Å². The molecule has 3 N–H and O–H groups in total. The Morgan fingerprint density at radius 2 is 2.06 bits per heavy atom. The van der Waals surface area contributed by atoms with Crippen LogP contribution in [0.3, 0.4) is 0 Å². The summed E-state index contributed by atoms with van der Waals surface area (Å²) in [5, 5.41) is 0.511. The minimum absolute atomic E-state index is 0.0982. The average Bonchev–Trinajstić information content (AvgIpc) is 2.63. The summed E-state index contributed by atoms with van der Waals surface area (Å²) in [6.07, 6.45) is -3.17. The SMILES string of the molecule is NC=O.O=c1[nH]cnc2scc(C(F)(F)F)c12. The van der Waals surface area contributed by atoms with E-state index in [9.17, 15) is 18.0 Å². The number of nitrogens with two attached hydrogens (primary N) is 1. The number of thiophene rings is 1. The van der Waals surface area contributed by atoms with Gasteiger partial charge in [-0.3, -0.25) is 9.59 Å². The molecule has 0 unspecified atom stereocenters. The number of hydrogen-bond acceptors (Lipinski definition) is 4. The lowest BCUT2D eigenvalue weighted by molar-refractivity contribution is -0.136. The van der Waals surface area contributed by atoms with Crippen LogP contribution in [-0.2, 0) is 11.0 Å². The zero-order valence-corrected chi connectivity index (χ0v) is 8.93. The number of hydrogen-bond donors (Lipinski definition) is 2. The molecule has 0 fully saturated rings. The van der Waals surface area contributed by atoms with Gasteiger partial charge in [-0.15, -0.1) is 11.3 Å². The number of aromatic nitrogens is 2. The lowest BCUT2D eigenvalue weighted by Crippen LogP contribution is -2.11. The van der Waals surface area contributed by atoms with Crippen molar-refractivity contribution in [2.75, 3.05) is 0 Å². The maximum Gasteiger partial charge on any atom is 0.418 e. The molecule has 2 heterocycles. The molecule has 0 saturated carbocycles. The predicted molar refractivity (Wildman–Crippen MR) is 55.5 cm³/mol. The van der Waals surface area contributed by atoms with E-state index in [0.717, 1.165) is 23.0 Å². The van der Waals surface area contributed by atoms with Gasteiger partial charge in [0.2, 0.25) is 6.41 Å². The van der Waals surface area contributed by atoms with Gasteiger partial charge in [0, 0.05) is 5.38 Å². The summed E-state index contributed by atoms with van der Waals surface area (Å²) < 4.78 is 37.1. The molecule has 1 amide bonds. The zero-order valence-electron chi connectivity index (χ0n) is 8.12. The number of amides is 1. The van der Waals surface area contributed by atoms with Gasteiger partial charge < -0.3 is 10.7 Å². The predicted octanol–water partition coefficient (Wildman–Crippen LogP) is 1.10. The summed E-state index contributed by atoms with van der Waals surface area (Å²) in [7, 11) is 0. The van der Waals surface area contributed by atoms with E-state index in [4.69, 9.17) is 4.79 Å². The molecule has 17 heavy (non-hydrogen) atoms. The zero-order chi connectivity index (χ0) is 13.1. The van der Waals surface area contributed by atoms with E-state index >= 15 is 0 Å². The topological polar surface area (TPSA) is 88.8 Å². The van der Waals surface area contributed by atoms with Crippen LogP contribution in [0.5, 0.6) is 0 Å². The van der Waals surface area contributed by atoms with Crippen LogP contribution in [0.25, 0.3) is 10.2 Å². The molecule has 0 aromatic carbocycles. The van der Waals surface area contributed by atoms with E-state index in [1.165, 1.54) is 0 Å². The molecule has 0 aliphatic carbocycles. The molecule has 0 spiro atoms. The van der Waals surface area contributed by atoms with Gasteiger partial charge in [0.1, 0.15) is 4.83 Å². The van der Waals surface area contributed by atoms with Crippen molar-refractivity contribution >= 4 is 28.0 Å². The first-order valence-electron chi connectivity index (χ1n) is 4.09. The van der Waals surface area contributed by atoms with Crippen molar-refractivity contribution in [2.24, 2.45) is 5.73 Å². The van der Waals surface area contributed by atoms with E-state index in [1.807, 2.05) is 0 Å². The maximum absolute atomic E-state index is 12.4. The molecule has 5 nitrogen and oxygen atoms in total. The number of carbonyl (C=O) groups is 1. The second-order valence-corrected chi connectivity index (χ2v) is 3.55. The normalized spacial score (nSPS) is 10.8. The van der Waals surface area contributed by atoms with Crippen molar-refractivity contribution in [1.29, 1.82) is 0 Å². The maximum atomic E-state index is 12.4. The van der Waals surface area contributed by atoms with Crippen LogP contribution in [0.1, 0.15) is 5.56 Å². The van der Waals surface area contributed by atoms with Crippen molar-refractivity contribution in [1.82, 2.24) is 9.97 Å². The summed E-state index contributed by atoms with van der Waals surface area (Å²) >= 11 is 0.804. The molecule has 0 radical (unpaired) electrons. The van der Waals surface area contributed by atoms with Crippen LogP contribution in [0.2, 0.25) is 0 Å². The number of nitrogens with zero attached hydrogens (tertiary/aromatic N) is 1. The highest BCUT2D eigenvalue weighted by Crippen LogP contribution is 2.35. The van der Waals surface area contributed by atoms with Gasteiger partial charge in [-0.1, -0.05) is 0 Å². The number of carbonyl (C=O) groups excluding carboxylic acids is 1. The highest BCUT2D eigenvalue weighted by molar-refractivity contribution is 7.16. The van der Waals surface area contributed by atoms with Crippen molar-refractivity contribution in [3.8, 4) is 0 Å². The molecule has 0 atom stereocenters. The standard InChI is InChI=1S/C7H3F3N2OS.CH3NO/c8-7(9,10)3-1-14-6-4(3)5(13)11-2-12-6;2-1-3/h1-2H,(H,11,12,13);1H,(H2,2,3). The smallest absolute Gasteiger partial charge is 0.372 e. The lowest BCUT2D eigenvalue weighted by atomic mass is 10.2. The first-order chi connectivity index (χ1) is 7.91. The van der Waals surface area contributed by atoms with Crippen LogP contribution >= 0.6 is 11.3 Å². The molecule has 0 aliphatic rings. The minimum atomic E-state index is -4.51. The van der Waals surface area contributed by atoms with Crippen LogP contribution in [0.15, 0.2) is 16.5 Å². The summed E-state index contributed by atoms with van der Waals surface area (Å²) in [6.45, 7) is 0. The second-order valence-electron chi connectivity index (χ2n) is 2.70. The Bertz CT molecular complexity index is 575. The van der Waals surface area contributed by atoms with E-state index in [2.05, 4.69) is 15.7 Å². The Labute approximate surface area is 96.1 Å². The van der Waals surface area contributed by atoms with Gasteiger partial charge >= 0.3 is 6.18 Å². The molecule has 0 aliphatic heterocycles. The van der Waals surface area contributed by atoms with Crippen molar-refractivity contribution in [2.45, 2.75) is 6.18 Å². The number of aromatic amines is 1. The number of nitrogens with one attached hydrogen (secondary N) is 1. The summed E-state index contributed by atoms with van der Waals surface area (Å²) in [6, 6.07) is 0. The number of primary amides is 1. The Morgan fingerprint density at radius 3 is 2.59 bits per heavy atom. The van der Waals surface area contributed by atoms with Crippen LogP contribution < -0.4 is 11.3 Å². The fourth-order valence-corrected chi connectivity index (χ4v) is 2.01. The first-order valence-corrected chi connectivity index (χ1v) is 4.97. The molecule has 0 bridgehead atoms. The second kappa shape index (κ2) is 4.95. The van der Waals surface area contributed by atoms with Gasteiger partial charge in [-0.05, 0) is 0 Å². The van der Waals surface area contributed by atoms with E-state index < -0.39 is 17.3 Å². The highest BCUT2D eigenvalue weighted by Gasteiger charge is 2.34. The van der Waals surface area contributed by atoms with Gasteiger partial charge in [-0.25, -0.2) is 4.98 Å². The number of H-pyrrole nitrogens is 1. The Hall–Kier alpha value is -1.90. The highest BCUT2D eigenvalue weighted by atomic mass is 32.1. The van der Waals surface area contributed by atoms with Crippen LogP contribution in [0, 0.1) is 0 Å². The molecule has 0 saturated heterocycles. The third kappa shape index (κ3) is 2.81. The first kappa shape index (κ1) is 13.2. The minimum Gasteiger partial charge on any atom is -0.372 e. The molecular weight excluding hydrogens is 259 g/mol. The molecule has 2 aromatic rings. The molecule has 92 valence electrons. The van der Waals surface area contributed by atoms with E-state index in [-0.39, 0.29) is 16.6 Å². The van der Waals surface area contributed by atoms with Gasteiger partial charge in [0.25, 0.3) is 5.56 Å². The third-order valence-electron chi connectivity index (χ3n) is 1.68. The Balaban J connectivity index is 0.000000437. The van der Waals surface area contributed by atoms with Gasteiger partial charge in [0.15, 0.2) is 0 Å². The van der Waals surface area contributed by atoms with Crippen molar-refractivity contribution in [3.63, 3.8) is 0 Å². The summed E-state index contributed by atoms with van der Waals surface area (Å²) in [5.74, 6) is 0. The fraction of sp³-hybridized carbons (Fsp3) is 0.125. The average molecular weight is 265 g/mol. The third-order valence-corrected chi connectivity index (χ3v) is 2.57. The van der Waals surface area contributed by atoms with E-state index in [1.54, 1.807) is 0 Å². The Kier molecular flexibility index (Phi) is 3.84. The molecule has 9 heteroatoms. The van der Waals surface area contributed by atoms with Crippen LogP contribution in [-0.4, -0.2) is 16.4 Å².